The maximum Gasteiger partial charge on any atom is 0.205 e. The lowest BCUT2D eigenvalue weighted by Gasteiger charge is -2.20. The highest BCUT2D eigenvalue weighted by Crippen LogP contribution is 2.40. The van der Waals surface area contributed by atoms with E-state index in [9.17, 15) is 4.79 Å². The molecule has 5 rings (SSSR count). The number of benzene rings is 3. The van der Waals surface area contributed by atoms with E-state index in [0.717, 1.165) is 60.4 Å². The molecule has 1 heterocycles. The molecule has 0 aliphatic heterocycles. The maximum atomic E-state index is 11.4. The van der Waals surface area contributed by atoms with Gasteiger partial charge in [0.2, 0.25) is 5.69 Å². The lowest BCUT2D eigenvalue weighted by atomic mass is 9.97. The molecule has 42 heavy (non-hydrogen) atoms. The minimum Gasteiger partial charge on any atom is -0.488 e. The Labute approximate surface area is 248 Å². The first-order valence-electron chi connectivity index (χ1n) is 14.6. The van der Waals surface area contributed by atoms with E-state index in [0.29, 0.717) is 31.9 Å². The second-order valence-corrected chi connectivity index (χ2v) is 10.8. The van der Waals surface area contributed by atoms with Crippen molar-refractivity contribution in [3.05, 3.63) is 118 Å². The summed E-state index contributed by atoms with van der Waals surface area (Å²) >= 11 is 0. The fourth-order valence-corrected chi connectivity index (χ4v) is 5.62. The SMILES string of the molecule is [C-]#[N+]c1cncc(COc2cc(OCc3cccc(-c4ccccc4)c3C)c3c(c2CNCCCC(C)=O)CCC3)c1. The van der Waals surface area contributed by atoms with Crippen LogP contribution in [0.5, 0.6) is 11.5 Å². The van der Waals surface area contributed by atoms with Gasteiger partial charge in [-0.3, -0.25) is 4.98 Å². The molecule has 0 radical (unpaired) electrons. The van der Waals surface area contributed by atoms with Gasteiger partial charge in [0.15, 0.2) is 0 Å². The normalized spacial score (nSPS) is 12.0. The van der Waals surface area contributed by atoms with Gasteiger partial charge in [-0.25, -0.2) is 4.85 Å². The Morgan fingerprint density at radius 1 is 0.976 bits per heavy atom. The van der Waals surface area contributed by atoms with Crippen LogP contribution in [0.2, 0.25) is 0 Å². The van der Waals surface area contributed by atoms with E-state index in [-0.39, 0.29) is 5.78 Å². The van der Waals surface area contributed by atoms with Crippen molar-refractivity contribution in [2.75, 3.05) is 6.54 Å². The second-order valence-electron chi connectivity index (χ2n) is 10.8. The fraction of sp³-hybridized carbons (Fsp3) is 0.306. The Hall–Kier alpha value is -4.47. The highest BCUT2D eigenvalue weighted by molar-refractivity contribution is 5.75. The van der Waals surface area contributed by atoms with Crippen LogP contribution in [0.15, 0.2) is 73.1 Å². The molecule has 214 valence electrons. The summed E-state index contributed by atoms with van der Waals surface area (Å²) in [6.07, 6.45) is 7.71. The van der Waals surface area contributed by atoms with Crippen LogP contribution in [-0.4, -0.2) is 17.3 Å². The number of rotatable bonds is 13. The monoisotopic (exact) mass is 559 g/mol. The summed E-state index contributed by atoms with van der Waals surface area (Å²) in [5, 5.41) is 3.52. The van der Waals surface area contributed by atoms with Crippen molar-refractivity contribution in [1.82, 2.24) is 10.3 Å². The van der Waals surface area contributed by atoms with Crippen molar-refractivity contribution in [3.63, 3.8) is 0 Å². The van der Waals surface area contributed by atoms with Crippen LogP contribution in [0.25, 0.3) is 16.0 Å². The molecular weight excluding hydrogens is 522 g/mol. The molecule has 1 aliphatic rings. The maximum absolute atomic E-state index is 11.4. The number of aromatic nitrogens is 1. The van der Waals surface area contributed by atoms with Crippen LogP contribution in [0.1, 0.15) is 59.6 Å². The van der Waals surface area contributed by atoms with Crippen LogP contribution in [0.3, 0.4) is 0 Å². The summed E-state index contributed by atoms with van der Waals surface area (Å²) in [7, 11) is 0. The molecule has 1 aliphatic carbocycles. The van der Waals surface area contributed by atoms with Gasteiger partial charge in [-0.15, -0.1) is 0 Å². The highest BCUT2D eigenvalue weighted by atomic mass is 16.5. The van der Waals surface area contributed by atoms with Crippen molar-refractivity contribution >= 4 is 11.5 Å². The third-order valence-corrected chi connectivity index (χ3v) is 7.84. The number of hydrogen-bond donors (Lipinski definition) is 1. The summed E-state index contributed by atoms with van der Waals surface area (Å²) in [5.41, 5.74) is 9.83. The van der Waals surface area contributed by atoms with E-state index < -0.39 is 0 Å². The van der Waals surface area contributed by atoms with Crippen molar-refractivity contribution in [1.29, 1.82) is 0 Å². The lowest BCUT2D eigenvalue weighted by Crippen LogP contribution is -2.18. The standard InChI is InChI=1S/C36H37N3O3/c1-25(40)10-9-17-38-22-34-32-15-8-16-33(32)35(19-36(34)41-23-27-18-30(37-3)21-39-20-27)42-24-29-13-7-14-31(26(29)2)28-11-5-4-6-12-28/h4-7,11-14,18-21,38H,8-10,15-17,22-24H2,1-2H3. The van der Waals surface area contributed by atoms with Gasteiger partial charge >= 0.3 is 0 Å². The number of carbonyl (C=O) groups is 1. The Morgan fingerprint density at radius 2 is 1.79 bits per heavy atom. The summed E-state index contributed by atoms with van der Waals surface area (Å²) in [6, 6.07) is 20.7. The summed E-state index contributed by atoms with van der Waals surface area (Å²) in [4.78, 5) is 19.1. The quantitative estimate of drug-likeness (QED) is 0.134. The summed E-state index contributed by atoms with van der Waals surface area (Å²) in [6.45, 7) is 13.3. The number of pyridine rings is 1. The number of nitrogens with zero attached hydrogens (tertiary/aromatic N) is 2. The molecule has 0 saturated carbocycles. The second kappa shape index (κ2) is 13.9. The Bertz CT molecular complexity index is 1590. The zero-order chi connectivity index (χ0) is 29.3. The van der Waals surface area contributed by atoms with E-state index in [1.54, 1.807) is 19.3 Å². The molecule has 0 saturated heterocycles. The zero-order valence-corrected chi connectivity index (χ0v) is 24.4. The first-order valence-corrected chi connectivity index (χ1v) is 14.6. The Morgan fingerprint density at radius 3 is 2.60 bits per heavy atom. The van der Waals surface area contributed by atoms with Crippen molar-refractivity contribution in [3.8, 4) is 22.6 Å². The van der Waals surface area contributed by atoms with Crippen molar-refractivity contribution in [2.45, 2.75) is 65.7 Å². The predicted octanol–water partition coefficient (Wildman–Crippen LogP) is 7.71. The van der Waals surface area contributed by atoms with Gasteiger partial charge < -0.3 is 19.6 Å². The number of fused-ring (bicyclic) bond motifs is 1. The van der Waals surface area contributed by atoms with Gasteiger partial charge in [-0.2, -0.15) is 0 Å². The number of hydrogen-bond acceptors (Lipinski definition) is 5. The van der Waals surface area contributed by atoms with Gasteiger partial charge in [-0.05, 0) is 91.1 Å². The number of ketones is 1. The molecular formula is C36H37N3O3. The Balaban J connectivity index is 1.40. The molecule has 0 spiro atoms. The van der Waals surface area contributed by atoms with E-state index in [1.165, 1.54) is 27.8 Å². The van der Waals surface area contributed by atoms with E-state index in [2.05, 4.69) is 64.5 Å². The van der Waals surface area contributed by atoms with Crippen molar-refractivity contribution < 1.29 is 14.3 Å². The number of carbonyl (C=O) groups excluding carboxylic acids is 1. The average molecular weight is 560 g/mol. The molecule has 0 bridgehead atoms. The molecule has 6 nitrogen and oxygen atoms in total. The number of nitrogens with one attached hydrogen (secondary N) is 1. The Kier molecular flexibility index (Phi) is 9.63. The van der Waals surface area contributed by atoms with Gasteiger partial charge in [0, 0.05) is 37.0 Å². The van der Waals surface area contributed by atoms with E-state index in [1.807, 2.05) is 18.2 Å². The van der Waals surface area contributed by atoms with Crippen LogP contribution in [0.4, 0.5) is 5.69 Å². The highest BCUT2D eigenvalue weighted by Gasteiger charge is 2.24. The fourth-order valence-electron chi connectivity index (χ4n) is 5.62. The molecule has 4 aromatic rings. The molecule has 0 amide bonds. The largest absolute Gasteiger partial charge is 0.488 e. The van der Waals surface area contributed by atoms with E-state index in [4.69, 9.17) is 16.0 Å². The molecule has 0 fully saturated rings. The predicted molar refractivity (Wildman–Crippen MR) is 166 cm³/mol. The lowest BCUT2D eigenvalue weighted by molar-refractivity contribution is -0.117. The van der Waals surface area contributed by atoms with Crippen LogP contribution in [0, 0.1) is 13.5 Å². The van der Waals surface area contributed by atoms with Crippen molar-refractivity contribution in [2.24, 2.45) is 0 Å². The van der Waals surface area contributed by atoms with Crippen LogP contribution in [-0.2, 0) is 37.4 Å². The molecule has 1 aromatic heterocycles. The van der Waals surface area contributed by atoms with Gasteiger partial charge in [0.25, 0.3) is 0 Å². The van der Waals surface area contributed by atoms with Crippen LogP contribution >= 0.6 is 0 Å². The first-order chi connectivity index (χ1) is 20.5. The summed E-state index contributed by atoms with van der Waals surface area (Å²) < 4.78 is 13.0. The molecule has 0 unspecified atom stereocenters. The minimum absolute atomic E-state index is 0.211. The number of Topliss-reactive ketones (excluding diaryl/α,β-unsaturated/α-hetero) is 1. The molecule has 1 N–H and O–H groups in total. The molecule has 3 aromatic carbocycles. The zero-order valence-electron chi connectivity index (χ0n) is 24.4. The van der Waals surface area contributed by atoms with Crippen LogP contribution < -0.4 is 14.8 Å². The van der Waals surface area contributed by atoms with E-state index >= 15 is 0 Å². The third kappa shape index (κ3) is 7.05. The van der Waals surface area contributed by atoms with Gasteiger partial charge in [0.05, 0.1) is 6.57 Å². The topological polar surface area (TPSA) is 64.8 Å². The average Bonchev–Trinajstić information content (AvgIpc) is 3.51. The number of ether oxygens (including phenoxy) is 2. The first kappa shape index (κ1) is 29.0. The smallest absolute Gasteiger partial charge is 0.205 e. The minimum atomic E-state index is 0.211. The molecule has 6 heteroatoms. The van der Waals surface area contributed by atoms with Gasteiger partial charge in [-0.1, -0.05) is 48.5 Å². The summed E-state index contributed by atoms with van der Waals surface area (Å²) in [5.74, 6) is 1.87. The van der Waals surface area contributed by atoms with Gasteiger partial charge in [0.1, 0.15) is 30.5 Å². The third-order valence-electron chi connectivity index (χ3n) is 7.84. The molecule has 0 atom stereocenters.